The van der Waals surface area contributed by atoms with Crippen LogP contribution >= 0.6 is 0 Å². The zero-order chi connectivity index (χ0) is 15.4. The molecule has 3 nitrogen and oxygen atoms in total. The lowest BCUT2D eigenvalue weighted by molar-refractivity contribution is -0.0499. The largest absolute Gasteiger partial charge is 0.494 e. The first-order valence-corrected chi connectivity index (χ1v) is 6.08. The van der Waals surface area contributed by atoms with E-state index in [0.717, 1.165) is 0 Å². The lowest BCUT2D eigenvalue weighted by Crippen LogP contribution is -2.06. The van der Waals surface area contributed by atoms with Crippen molar-refractivity contribution in [1.29, 1.82) is 0 Å². The summed E-state index contributed by atoms with van der Waals surface area (Å²) >= 11 is 0. The summed E-state index contributed by atoms with van der Waals surface area (Å²) in [6, 6.07) is 9.82. The Morgan fingerprint density at radius 1 is 1.10 bits per heavy atom. The van der Waals surface area contributed by atoms with Gasteiger partial charge in [-0.25, -0.2) is 4.39 Å². The SMILES string of the molecule is COc1cccc(C(O)c2cccc(OC(F)F)c2)c1F. The highest BCUT2D eigenvalue weighted by molar-refractivity contribution is 5.39. The maximum atomic E-state index is 14.1. The van der Waals surface area contributed by atoms with Gasteiger partial charge in [0, 0.05) is 5.56 Å². The normalized spacial score (nSPS) is 12.3. The van der Waals surface area contributed by atoms with Gasteiger partial charge in [-0.15, -0.1) is 0 Å². The highest BCUT2D eigenvalue weighted by Crippen LogP contribution is 2.30. The second-order valence-electron chi connectivity index (χ2n) is 4.22. The van der Waals surface area contributed by atoms with Gasteiger partial charge in [0.05, 0.1) is 7.11 Å². The van der Waals surface area contributed by atoms with Crippen molar-refractivity contribution in [2.75, 3.05) is 7.11 Å². The van der Waals surface area contributed by atoms with Crippen molar-refractivity contribution < 1.29 is 27.8 Å². The standard InChI is InChI=1S/C15H13F3O3/c1-20-12-7-3-6-11(13(12)16)14(19)9-4-2-5-10(8-9)21-15(17)18/h2-8,14-15,19H,1H3. The average Bonchev–Trinajstić information content (AvgIpc) is 2.46. The summed E-state index contributed by atoms with van der Waals surface area (Å²) in [6.07, 6.45) is -1.32. The van der Waals surface area contributed by atoms with Crippen molar-refractivity contribution >= 4 is 0 Å². The third-order valence-electron chi connectivity index (χ3n) is 2.91. The number of hydrogen-bond acceptors (Lipinski definition) is 3. The fourth-order valence-corrected chi connectivity index (χ4v) is 1.94. The topological polar surface area (TPSA) is 38.7 Å². The van der Waals surface area contributed by atoms with E-state index >= 15 is 0 Å². The van der Waals surface area contributed by atoms with E-state index in [-0.39, 0.29) is 22.6 Å². The lowest BCUT2D eigenvalue weighted by Gasteiger charge is -2.15. The first-order valence-electron chi connectivity index (χ1n) is 6.08. The number of alkyl halides is 2. The van der Waals surface area contributed by atoms with Gasteiger partial charge < -0.3 is 14.6 Å². The first kappa shape index (κ1) is 15.2. The molecule has 1 N–H and O–H groups in total. The summed E-state index contributed by atoms with van der Waals surface area (Å²) < 4.78 is 47.5. The molecule has 0 saturated carbocycles. The van der Waals surface area contributed by atoms with E-state index in [1.165, 1.54) is 49.6 Å². The van der Waals surface area contributed by atoms with Crippen molar-refractivity contribution in [3.63, 3.8) is 0 Å². The summed E-state index contributed by atoms with van der Waals surface area (Å²) in [6.45, 7) is -2.97. The maximum Gasteiger partial charge on any atom is 0.387 e. The van der Waals surface area contributed by atoms with Gasteiger partial charge in [-0.1, -0.05) is 24.3 Å². The van der Waals surface area contributed by atoms with Crippen LogP contribution in [0.4, 0.5) is 13.2 Å². The molecule has 1 atom stereocenters. The predicted octanol–water partition coefficient (Wildman–Crippen LogP) is 3.52. The number of benzene rings is 2. The molecule has 0 aliphatic carbocycles. The predicted molar refractivity (Wildman–Crippen MR) is 70.1 cm³/mol. The molecule has 0 aliphatic rings. The van der Waals surface area contributed by atoms with Gasteiger partial charge in [-0.05, 0) is 23.8 Å². The van der Waals surface area contributed by atoms with Gasteiger partial charge in [0.25, 0.3) is 0 Å². The van der Waals surface area contributed by atoms with E-state index in [2.05, 4.69) is 4.74 Å². The van der Waals surface area contributed by atoms with Crippen LogP contribution in [0.15, 0.2) is 42.5 Å². The number of methoxy groups -OCH3 is 1. The van der Waals surface area contributed by atoms with Crippen molar-refractivity contribution in [2.45, 2.75) is 12.7 Å². The summed E-state index contributed by atoms with van der Waals surface area (Å²) in [5, 5.41) is 10.2. The number of aliphatic hydroxyl groups excluding tert-OH is 1. The molecule has 0 radical (unpaired) electrons. The van der Waals surface area contributed by atoms with Crippen molar-refractivity contribution in [3.8, 4) is 11.5 Å². The molecule has 6 heteroatoms. The number of ether oxygens (including phenoxy) is 2. The minimum atomic E-state index is -2.97. The zero-order valence-corrected chi connectivity index (χ0v) is 11.1. The Morgan fingerprint density at radius 2 is 1.81 bits per heavy atom. The van der Waals surface area contributed by atoms with Crippen molar-refractivity contribution in [3.05, 3.63) is 59.4 Å². The Morgan fingerprint density at radius 3 is 2.48 bits per heavy atom. The van der Waals surface area contributed by atoms with Gasteiger partial charge in [0.1, 0.15) is 11.9 Å². The Labute approximate surface area is 119 Å². The molecule has 0 fully saturated rings. The second kappa shape index (κ2) is 6.49. The molecule has 0 bridgehead atoms. The minimum Gasteiger partial charge on any atom is -0.494 e. The second-order valence-corrected chi connectivity index (χ2v) is 4.22. The van der Waals surface area contributed by atoms with E-state index in [1.807, 2.05) is 0 Å². The lowest BCUT2D eigenvalue weighted by atomic mass is 10.0. The third kappa shape index (κ3) is 3.46. The molecular weight excluding hydrogens is 285 g/mol. The summed E-state index contributed by atoms with van der Waals surface area (Å²) in [5.74, 6) is -0.816. The van der Waals surface area contributed by atoms with Crippen LogP contribution in [0.5, 0.6) is 11.5 Å². The molecule has 21 heavy (non-hydrogen) atoms. The van der Waals surface area contributed by atoms with Crippen LogP contribution in [0, 0.1) is 5.82 Å². The number of hydrogen-bond donors (Lipinski definition) is 1. The molecule has 1 unspecified atom stereocenters. The number of aliphatic hydroxyl groups is 1. The Balaban J connectivity index is 2.34. The third-order valence-corrected chi connectivity index (χ3v) is 2.91. The summed E-state index contributed by atoms with van der Waals surface area (Å²) in [7, 11) is 1.31. The van der Waals surface area contributed by atoms with Crippen LogP contribution < -0.4 is 9.47 Å². The fourth-order valence-electron chi connectivity index (χ4n) is 1.94. The minimum absolute atomic E-state index is 0.00784. The Bertz CT molecular complexity index is 617. The quantitative estimate of drug-likeness (QED) is 0.918. The molecule has 112 valence electrons. The number of rotatable bonds is 5. The maximum absolute atomic E-state index is 14.1. The van der Waals surface area contributed by atoms with Crippen LogP contribution in [0.3, 0.4) is 0 Å². The molecule has 0 aromatic heterocycles. The van der Waals surface area contributed by atoms with Gasteiger partial charge in [0.2, 0.25) is 0 Å². The molecular formula is C15H13F3O3. The highest BCUT2D eigenvalue weighted by Gasteiger charge is 2.18. The van der Waals surface area contributed by atoms with Crippen molar-refractivity contribution in [2.24, 2.45) is 0 Å². The molecule has 0 saturated heterocycles. The number of halogens is 3. The van der Waals surface area contributed by atoms with Crippen LogP contribution in [0.1, 0.15) is 17.2 Å². The molecule has 2 rings (SSSR count). The first-order chi connectivity index (χ1) is 10.0. The monoisotopic (exact) mass is 298 g/mol. The van der Waals surface area contributed by atoms with Crippen LogP contribution in [-0.2, 0) is 0 Å². The molecule has 0 aliphatic heterocycles. The Kier molecular flexibility index (Phi) is 4.70. The molecule has 0 amide bonds. The zero-order valence-electron chi connectivity index (χ0n) is 11.1. The van der Waals surface area contributed by atoms with Crippen LogP contribution in [0.25, 0.3) is 0 Å². The Hall–Kier alpha value is -2.21. The van der Waals surface area contributed by atoms with Gasteiger partial charge in [-0.2, -0.15) is 8.78 Å². The molecule has 2 aromatic carbocycles. The summed E-state index contributed by atoms with van der Waals surface area (Å²) in [4.78, 5) is 0. The molecule has 2 aromatic rings. The van der Waals surface area contributed by atoms with E-state index in [4.69, 9.17) is 4.74 Å². The van der Waals surface area contributed by atoms with Crippen LogP contribution in [0.2, 0.25) is 0 Å². The highest BCUT2D eigenvalue weighted by atomic mass is 19.3. The van der Waals surface area contributed by atoms with E-state index in [9.17, 15) is 18.3 Å². The molecule has 0 heterocycles. The van der Waals surface area contributed by atoms with Gasteiger partial charge in [0.15, 0.2) is 11.6 Å². The van der Waals surface area contributed by atoms with Crippen LogP contribution in [-0.4, -0.2) is 18.8 Å². The van der Waals surface area contributed by atoms with Crippen molar-refractivity contribution in [1.82, 2.24) is 0 Å². The van der Waals surface area contributed by atoms with E-state index in [1.54, 1.807) is 0 Å². The summed E-state index contributed by atoms with van der Waals surface area (Å²) in [5.41, 5.74) is 0.226. The van der Waals surface area contributed by atoms with E-state index < -0.39 is 18.5 Å². The van der Waals surface area contributed by atoms with Gasteiger partial charge >= 0.3 is 6.61 Å². The fraction of sp³-hybridized carbons (Fsp3) is 0.200. The molecule has 0 spiro atoms. The smallest absolute Gasteiger partial charge is 0.387 e. The van der Waals surface area contributed by atoms with Gasteiger partial charge in [-0.3, -0.25) is 0 Å². The van der Waals surface area contributed by atoms with E-state index in [0.29, 0.717) is 0 Å². The average molecular weight is 298 g/mol.